The van der Waals surface area contributed by atoms with Gasteiger partial charge in [0.05, 0.1) is 0 Å². The van der Waals surface area contributed by atoms with Crippen LogP contribution in [0.3, 0.4) is 0 Å². The lowest BCUT2D eigenvalue weighted by Gasteiger charge is -2.45. The summed E-state index contributed by atoms with van der Waals surface area (Å²) in [5.41, 5.74) is -0.241. The fourth-order valence-electron chi connectivity index (χ4n) is 3.04. The van der Waals surface area contributed by atoms with Crippen molar-refractivity contribution in [2.45, 2.75) is 79.3 Å². The van der Waals surface area contributed by atoms with Crippen molar-refractivity contribution < 1.29 is 9.59 Å². The highest BCUT2D eigenvalue weighted by Crippen LogP contribution is 2.29. The zero-order chi connectivity index (χ0) is 16.2. The lowest BCUT2D eigenvalue weighted by Crippen LogP contribution is -2.66. The second kappa shape index (κ2) is 7.28. The van der Waals surface area contributed by atoms with Crippen LogP contribution < -0.4 is 5.32 Å². The van der Waals surface area contributed by atoms with Crippen molar-refractivity contribution in [2.75, 3.05) is 6.54 Å². The Bertz CT molecular complexity index is 371. The van der Waals surface area contributed by atoms with E-state index in [4.69, 9.17) is 0 Å². The Morgan fingerprint density at radius 1 is 1.19 bits per heavy atom. The standard InChI is InChI=1S/C17H32N2O2/c1-7-8-9-10-19-14(17(4,5)6)15(20)18-13(16(19)21)11-12(2)3/h12-14H,7-11H2,1-6H3,(H,18,20). The summed E-state index contributed by atoms with van der Waals surface area (Å²) in [5.74, 6) is 0.492. The van der Waals surface area contributed by atoms with Gasteiger partial charge in [-0.3, -0.25) is 9.59 Å². The molecule has 0 radical (unpaired) electrons. The Kier molecular flexibility index (Phi) is 6.24. The molecule has 21 heavy (non-hydrogen) atoms. The summed E-state index contributed by atoms with van der Waals surface area (Å²) >= 11 is 0. The average molecular weight is 296 g/mol. The van der Waals surface area contributed by atoms with E-state index in [0.29, 0.717) is 18.9 Å². The topological polar surface area (TPSA) is 49.4 Å². The van der Waals surface area contributed by atoms with E-state index in [9.17, 15) is 9.59 Å². The molecule has 1 fully saturated rings. The molecule has 0 spiro atoms. The Labute approximate surface area is 129 Å². The Hall–Kier alpha value is -1.06. The minimum atomic E-state index is -0.356. The Balaban J connectivity index is 2.94. The predicted octanol–water partition coefficient (Wildman–Crippen LogP) is 2.96. The fraction of sp³-hybridized carbons (Fsp3) is 0.882. The third-order valence-corrected chi connectivity index (χ3v) is 3.99. The number of nitrogens with zero attached hydrogens (tertiary/aromatic N) is 1. The summed E-state index contributed by atoms with van der Waals surface area (Å²) in [6, 6.07) is -0.706. The number of piperazine rings is 1. The van der Waals surface area contributed by atoms with Crippen LogP contribution in [0.25, 0.3) is 0 Å². The second-order valence-electron chi connectivity index (χ2n) is 7.70. The van der Waals surface area contributed by atoms with E-state index >= 15 is 0 Å². The molecule has 0 bridgehead atoms. The smallest absolute Gasteiger partial charge is 0.245 e. The van der Waals surface area contributed by atoms with Crippen molar-refractivity contribution in [3.8, 4) is 0 Å². The van der Waals surface area contributed by atoms with Gasteiger partial charge in [-0.2, -0.15) is 0 Å². The van der Waals surface area contributed by atoms with E-state index in [1.165, 1.54) is 0 Å². The van der Waals surface area contributed by atoms with Gasteiger partial charge in [0.25, 0.3) is 0 Å². The maximum absolute atomic E-state index is 12.8. The van der Waals surface area contributed by atoms with Crippen molar-refractivity contribution in [3.63, 3.8) is 0 Å². The van der Waals surface area contributed by atoms with Crippen LogP contribution in [0.2, 0.25) is 0 Å². The molecule has 122 valence electrons. The molecule has 1 saturated heterocycles. The SMILES string of the molecule is CCCCCN1C(=O)C(CC(C)C)NC(=O)C1C(C)(C)C. The highest BCUT2D eigenvalue weighted by molar-refractivity contribution is 5.97. The summed E-state index contributed by atoms with van der Waals surface area (Å²) in [4.78, 5) is 27.1. The number of carbonyl (C=O) groups is 2. The molecule has 1 heterocycles. The molecule has 0 aromatic heterocycles. The van der Waals surface area contributed by atoms with Gasteiger partial charge in [-0.05, 0) is 24.2 Å². The Morgan fingerprint density at radius 2 is 1.81 bits per heavy atom. The van der Waals surface area contributed by atoms with E-state index in [-0.39, 0.29) is 29.3 Å². The highest BCUT2D eigenvalue weighted by atomic mass is 16.2. The van der Waals surface area contributed by atoms with Gasteiger partial charge in [-0.15, -0.1) is 0 Å². The molecular formula is C17H32N2O2. The van der Waals surface area contributed by atoms with Crippen LogP contribution in [0.15, 0.2) is 0 Å². The summed E-state index contributed by atoms with van der Waals surface area (Å²) in [5, 5.41) is 2.94. The van der Waals surface area contributed by atoms with Crippen molar-refractivity contribution in [3.05, 3.63) is 0 Å². The van der Waals surface area contributed by atoms with Crippen LogP contribution in [-0.2, 0) is 9.59 Å². The summed E-state index contributed by atoms with van der Waals surface area (Å²) < 4.78 is 0. The molecule has 2 atom stereocenters. The van der Waals surface area contributed by atoms with Crippen LogP contribution in [0.4, 0.5) is 0 Å². The van der Waals surface area contributed by atoms with Crippen molar-refractivity contribution in [1.82, 2.24) is 10.2 Å². The fourth-order valence-corrected chi connectivity index (χ4v) is 3.04. The minimum absolute atomic E-state index is 0.00393. The van der Waals surface area contributed by atoms with E-state index in [1.54, 1.807) is 0 Å². The van der Waals surface area contributed by atoms with Crippen LogP contribution >= 0.6 is 0 Å². The summed E-state index contributed by atoms with van der Waals surface area (Å²) in [6.45, 7) is 13.1. The van der Waals surface area contributed by atoms with Crippen molar-refractivity contribution in [1.29, 1.82) is 0 Å². The van der Waals surface area contributed by atoms with Gasteiger partial charge in [0.15, 0.2) is 0 Å². The first-order valence-electron chi connectivity index (χ1n) is 8.29. The van der Waals surface area contributed by atoms with Crippen molar-refractivity contribution in [2.24, 2.45) is 11.3 Å². The molecule has 1 rings (SSSR count). The molecule has 1 aliphatic heterocycles. The number of carbonyl (C=O) groups excluding carboxylic acids is 2. The van der Waals surface area contributed by atoms with E-state index in [2.05, 4.69) is 26.1 Å². The van der Waals surface area contributed by atoms with Gasteiger partial charge in [-0.25, -0.2) is 0 Å². The number of hydrogen-bond donors (Lipinski definition) is 1. The second-order valence-corrected chi connectivity index (χ2v) is 7.70. The number of nitrogens with one attached hydrogen (secondary N) is 1. The Morgan fingerprint density at radius 3 is 2.29 bits per heavy atom. The number of amides is 2. The molecular weight excluding hydrogens is 264 g/mol. The first kappa shape index (κ1) is 18.0. The number of rotatable bonds is 6. The lowest BCUT2D eigenvalue weighted by molar-refractivity contribution is -0.154. The lowest BCUT2D eigenvalue weighted by atomic mass is 9.82. The quantitative estimate of drug-likeness (QED) is 0.766. The third kappa shape index (κ3) is 4.72. The molecule has 0 aromatic carbocycles. The molecule has 0 saturated carbocycles. The van der Waals surface area contributed by atoms with Gasteiger partial charge in [0.2, 0.25) is 11.8 Å². The summed E-state index contributed by atoms with van der Waals surface area (Å²) in [6.07, 6.45) is 3.89. The van der Waals surface area contributed by atoms with Crippen LogP contribution in [0.5, 0.6) is 0 Å². The first-order valence-corrected chi connectivity index (χ1v) is 8.29. The number of unbranched alkanes of at least 4 members (excludes halogenated alkanes) is 2. The summed E-state index contributed by atoms with van der Waals surface area (Å²) in [7, 11) is 0. The largest absolute Gasteiger partial charge is 0.342 e. The maximum atomic E-state index is 12.8. The van der Waals surface area contributed by atoms with E-state index < -0.39 is 0 Å². The zero-order valence-corrected chi connectivity index (χ0v) is 14.5. The molecule has 0 aliphatic carbocycles. The molecule has 1 aliphatic rings. The normalized spacial score (nSPS) is 23.7. The number of hydrogen-bond acceptors (Lipinski definition) is 2. The van der Waals surface area contributed by atoms with Crippen LogP contribution in [0, 0.1) is 11.3 Å². The average Bonchev–Trinajstić information content (AvgIpc) is 2.32. The van der Waals surface area contributed by atoms with Gasteiger partial charge in [0.1, 0.15) is 12.1 Å². The molecule has 1 N–H and O–H groups in total. The van der Waals surface area contributed by atoms with Gasteiger partial charge in [0, 0.05) is 6.54 Å². The monoisotopic (exact) mass is 296 g/mol. The zero-order valence-electron chi connectivity index (χ0n) is 14.5. The molecule has 4 heteroatoms. The molecule has 2 amide bonds. The molecule has 0 aromatic rings. The van der Waals surface area contributed by atoms with E-state index in [1.807, 2.05) is 25.7 Å². The maximum Gasteiger partial charge on any atom is 0.245 e. The molecule has 2 unspecified atom stereocenters. The van der Waals surface area contributed by atoms with Crippen LogP contribution in [0.1, 0.15) is 67.2 Å². The van der Waals surface area contributed by atoms with Gasteiger partial charge >= 0.3 is 0 Å². The minimum Gasteiger partial charge on any atom is -0.342 e. The van der Waals surface area contributed by atoms with Gasteiger partial charge < -0.3 is 10.2 Å². The van der Waals surface area contributed by atoms with Crippen LogP contribution in [-0.4, -0.2) is 35.3 Å². The van der Waals surface area contributed by atoms with Gasteiger partial charge in [-0.1, -0.05) is 54.4 Å². The predicted molar refractivity (Wildman–Crippen MR) is 85.9 cm³/mol. The molecule has 4 nitrogen and oxygen atoms in total. The first-order chi connectivity index (χ1) is 9.68. The van der Waals surface area contributed by atoms with E-state index in [0.717, 1.165) is 19.3 Å². The third-order valence-electron chi connectivity index (χ3n) is 3.99. The highest BCUT2D eigenvalue weighted by Gasteiger charge is 2.45. The van der Waals surface area contributed by atoms with Crippen molar-refractivity contribution >= 4 is 11.8 Å².